The summed E-state index contributed by atoms with van der Waals surface area (Å²) in [6.45, 7) is 9.18. The lowest BCUT2D eigenvalue weighted by Crippen LogP contribution is -2.48. The molecule has 0 spiro atoms. The highest BCUT2D eigenvalue weighted by Gasteiger charge is 2.34. The number of benzene rings is 1. The first-order valence-corrected chi connectivity index (χ1v) is 9.46. The van der Waals surface area contributed by atoms with Crippen molar-refractivity contribution in [3.63, 3.8) is 0 Å². The standard InChI is InChI=1S/C20H29N3O3/c1-15-3-5-17(6-4-15)13-23-14-18(11-19(23)24)20(25)21-12-16(2)22-7-9-26-10-8-22/h3-6,16,18H,7-14H2,1-2H3,(H,21,25). The van der Waals surface area contributed by atoms with Crippen molar-refractivity contribution in [2.24, 2.45) is 5.92 Å². The zero-order valence-electron chi connectivity index (χ0n) is 15.7. The van der Waals surface area contributed by atoms with E-state index < -0.39 is 0 Å². The number of hydrogen-bond donors (Lipinski definition) is 1. The Labute approximate surface area is 155 Å². The van der Waals surface area contributed by atoms with E-state index in [2.05, 4.69) is 17.1 Å². The van der Waals surface area contributed by atoms with Gasteiger partial charge in [-0.2, -0.15) is 0 Å². The van der Waals surface area contributed by atoms with Crippen LogP contribution in [0.5, 0.6) is 0 Å². The summed E-state index contributed by atoms with van der Waals surface area (Å²) in [5.41, 5.74) is 2.30. The van der Waals surface area contributed by atoms with Gasteiger partial charge in [0.25, 0.3) is 0 Å². The molecule has 2 fully saturated rings. The van der Waals surface area contributed by atoms with Crippen molar-refractivity contribution in [3.8, 4) is 0 Å². The monoisotopic (exact) mass is 359 g/mol. The fraction of sp³-hybridized carbons (Fsp3) is 0.600. The molecule has 0 saturated carbocycles. The molecule has 1 aromatic carbocycles. The molecule has 6 heteroatoms. The van der Waals surface area contributed by atoms with Gasteiger partial charge < -0.3 is 15.0 Å². The molecule has 2 saturated heterocycles. The number of ether oxygens (including phenoxy) is 1. The second-order valence-electron chi connectivity index (χ2n) is 7.40. The normalized spacial score (nSPS) is 22.5. The van der Waals surface area contributed by atoms with Crippen LogP contribution in [0.3, 0.4) is 0 Å². The van der Waals surface area contributed by atoms with E-state index in [1.165, 1.54) is 5.56 Å². The van der Waals surface area contributed by atoms with Gasteiger partial charge >= 0.3 is 0 Å². The van der Waals surface area contributed by atoms with E-state index >= 15 is 0 Å². The van der Waals surface area contributed by atoms with Crippen LogP contribution in [0, 0.1) is 12.8 Å². The number of carbonyl (C=O) groups excluding carboxylic acids is 2. The molecule has 2 atom stereocenters. The molecule has 2 amide bonds. The molecule has 26 heavy (non-hydrogen) atoms. The third kappa shape index (κ3) is 4.83. The summed E-state index contributed by atoms with van der Waals surface area (Å²) >= 11 is 0. The third-order valence-electron chi connectivity index (χ3n) is 5.32. The molecule has 142 valence electrons. The van der Waals surface area contributed by atoms with Crippen molar-refractivity contribution in [1.82, 2.24) is 15.1 Å². The zero-order valence-corrected chi connectivity index (χ0v) is 15.7. The fourth-order valence-corrected chi connectivity index (χ4v) is 3.55. The summed E-state index contributed by atoms with van der Waals surface area (Å²) < 4.78 is 5.36. The van der Waals surface area contributed by atoms with Crippen LogP contribution >= 0.6 is 0 Å². The van der Waals surface area contributed by atoms with Gasteiger partial charge in [0.1, 0.15) is 0 Å². The van der Waals surface area contributed by atoms with Crippen molar-refractivity contribution >= 4 is 11.8 Å². The van der Waals surface area contributed by atoms with Crippen molar-refractivity contribution in [3.05, 3.63) is 35.4 Å². The molecule has 2 heterocycles. The van der Waals surface area contributed by atoms with Crippen LogP contribution in [0.4, 0.5) is 0 Å². The van der Waals surface area contributed by atoms with E-state index in [1.54, 1.807) is 4.90 Å². The van der Waals surface area contributed by atoms with Crippen LogP contribution in [0.15, 0.2) is 24.3 Å². The minimum absolute atomic E-state index is 0.00938. The largest absolute Gasteiger partial charge is 0.379 e. The number of nitrogens with one attached hydrogen (secondary N) is 1. The van der Waals surface area contributed by atoms with Gasteiger partial charge in [-0.3, -0.25) is 14.5 Å². The minimum Gasteiger partial charge on any atom is -0.379 e. The van der Waals surface area contributed by atoms with E-state index in [9.17, 15) is 9.59 Å². The molecule has 1 aromatic rings. The molecule has 0 bridgehead atoms. The highest BCUT2D eigenvalue weighted by atomic mass is 16.5. The predicted molar refractivity (Wildman–Crippen MR) is 99.6 cm³/mol. The molecule has 0 aromatic heterocycles. The van der Waals surface area contributed by atoms with Crippen LogP contribution in [-0.2, 0) is 20.9 Å². The molecular formula is C20H29N3O3. The number of morpholine rings is 1. The van der Waals surface area contributed by atoms with Crippen LogP contribution in [0.25, 0.3) is 0 Å². The molecule has 2 aliphatic rings. The summed E-state index contributed by atoms with van der Waals surface area (Å²) in [6.07, 6.45) is 0.309. The first kappa shape index (κ1) is 18.9. The van der Waals surface area contributed by atoms with Crippen molar-refractivity contribution in [2.45, 2.75) is 32.9 Å². The van der Waals surface area contributed by atoms with Gasteiger partial charge in [-0.15, -0.1) is 0 Å². The topological polar surface area (TPSA) is 61.9 Å². The van der Waals surface area contributed by atoms with Crippen molar-refractivity contribution in [1.29, 1.82) is 0 Å². The summed E-state index contributed by atoms with van der Waals surface area (Å²) in [6, 6.07) is 8.46. The Hall–Kier alpha value is -1.92. The van der Waals surface area contributed by atoms with Crippen LogP contribution in [0.2, 0.25) is 0 Å². The number of likely N-dealkylation sites (tertiary alicyclic amines) is 1. The first-order valence-electron chi connectivity index (χ1n) is 9.46. The van der Waals surface area contributed by atoms with Gasteiger partial charge in [0.15, 0.2) is 0 Å². The Morgan fingerprint density at radius 3 is 2.65 bits per heavy atom. The number of hydrogen-bond acceptors (Lipinski definition) is 4. The van der Waals surface area contributed by atoms with Gasteiger partial charge in [0.05, 0.1) is 19.1 Å². The summed E-state index contributed by atoms with van der Waals surface area (Å²) in [7, 11) is 0. The van der Waals surface area contributed by atoms with Gasteiger partial charge in [0.2, 0.25) is 11.8 Å². The second kappa shape index (κ2) is 8.64. The third-order valence-corrected chi connectivity index (χ3v) is 5.32. The van der Waals surface area contributed by atoms with Gasteiger partial charge in [-0.05, 0) is 19.4 Å². The number of nitrogens with zero attached hydrogens (tertiary/aromatic N) is 2. The van der Waals surface area contributed by atoms with Gasteiger partial charge in [0, 0.05) is 45.2 Å². The van der Waals surface area contributed by atoms with Gasteiger partial charge in [-0.25, -0.2) is 0 Å². The molecule has 1 N–H and O–H groups in total. The Kier molecular flexibility index (Phi) is 6.27. The number of amides is 2. The van der Waals surface area contributed by atoms with Crippen molar-refractivity contribution in [2.75, 3.05) is 39.4 Å². The minimum atomic E-state index is -0.246. The van der Waals surface area contributed by atoms with E-state index in [1.807, 2.05) is 31.2 Å². The number of aryl methyl sites for hydroxylation is 1. The van der Waals surface area contributed by atoms with E-state index in [0.29, 0.717) is 26.1 Å². The lowest BCUT2D eigenvalue weighted by molar-refractivity contribution is -0.129. The lowest BCUT2D eigenvalue weighted by Gasteiger charge is -2.32. The zero-order chi connectivity index (χ0) is 18.5. The van der Waals surface area contributed by atoms with Crippen LogP contribution in [0.1, 0.15) is 24.5 Å². The highest BCUT2D eigenvalue weighted by Crippen LogP contribution is 2.20. The number of rotatable bonds is 6. The average Bonchev–Trinajstić information content (AvgIpc) is 3.02. The smallest absolute Gasteiger partial charge is 0.225 e. The summed E-state index contributed by atoms with van der Waals surface area (Å²) in [4.78, 5) is 28.9. The quantitative estimate of drug-likeness (QED) is 0.829. The molecule has 3 rings (SSSR count). The van der Waals surface area contributed by atoms with E-state index in [4.69, 9.17) is 4.74 Å². The molecule has 2 unspecified atom stereocenters. The molecule has 0 radical (unpaired) electrons. The van der Waals surface area contributed by atoms with Crippen LogP contribution < -0.4 is 5.32 Å². The Morgan fingerprint density at radius 2 is 1.96 bits per heavy atom. The maximum atomic E-state index is 12.5. The van der Waals surface area contributed by atoms with Crippen molar-refractivity contribution < 1.29 is 14.3 Å². The van der Waals surface area contributed by atoms with Crippen LogP contribution in [-0.4, -0.2) is 67.0 Å². The summed E-state index contributed by atoms with van der Waals surface area (Å²) in [5, 5.41) is 3.03. The molecule has 6 nitrogen and oxygen atoms in total. The SMILES string of the molecule is Cc1ccc(CN2CC(C(=O)NCC(C)N3CCOCC3)CC2=O)cc1. The average molecular weight is 359 g/mol. The molecular weight excluding hydrogens is 330 g/mol. The lowest BCUT2D eigenvalue weighted by atomic mass is 10.1. The maximum Gasteiger partial charge on any atom is 0.225 e. The second-order valence-corrected chi connectivity index (χ2v) is 7.40. The highest BCUT2D eigenvalue weighted by molar-refractivity contribution is 5.89. The number of carbonyl (C=O) groups is 2. The Morgan fingerprint density at radius 1 is 1.27 bits per heavy atom. The maximum absolute atomic E-state index is 12.5. The van der Waals surface area contributed by atoms with E-state index in [0.717, 1.165) is 31.9 Å². The van der Waals surface area contributed by atoms with E-state index in [-0.39, 0.29) is 23.8 Å². The summed E-state index contributed by atoms with van der Waals surface area (Å²) in [5.74, 6) is -0.193. The molecule has 2 aliphatic heterocycles. The Bertz CT molecular complexity index is 626. The van der Waals surface area contributed by atoms with Gasteiger partial charge in [-0.1, -0.05) is 29.8 Å². The predicted octanol–water partition coefficient (Wildman–Crippen LogP) is 1.18. The molecule has 0 aliphatic carbocycles. The fourth-order valence-electron chi connectivity index (χ4n) is 3.55. The first-order chi connectivity index (χ1) is 12.5. The Balaban J connectivity index is 1.46.